The van der Waals surface area contributed by atoms with Crippen molar-refractivity contribution in [2.75, 3.05) is 6.61 Å². The Bertz CT molecular complexity index is 385. The molecule has 1 N–H and O–H groups in total. The zero-order valence-electron chi connectivity index (χ0n) is 9.10. The molecule has 0 aromatic heterocycles. The van der Waals surface area contributed by atoms with Gasteiger partial charge in [0.2, 0.25) is 0 Å². The van der Waals surface area contributed by atoms with Gasteiger partial charge in [0.05, 0.1) is 12.2 Å². The summed E-state index contributed by atoms with van der Waals surface area (Å²) in [4.78, 5) is 21.1. The van der Waals surface area contributed by atoms with Crippen LogP contribution in [0.3, 0.4) is 0 Å². The third kappa shape index (κ3) is 3.38. The van der Waals surface area contributed by atoms with Crippen LogP contribution in [-0.2, 0) is 4.79 Å². The van der Waals surface area contributed by atoms with E-state index in [0.717, 1.165) is 11.8 Å². The van der Waals surface area contributed by atoms with E-state index >= 15 is 0 Å². The summed E-state index contributed by atoms with van der Waals surface area (Å²) in [6.07, 6.45) is 1.26. The number of carbonyl (C=O) groups is 2. The molecular formula is C12H14O4. The maximum absolute atomic E-state index is 10.8. The van der Waals surface area contributed by atoms with Crippen molar-refractivity contribution >= 4 is 12.3 Å². The van der Waals surface area contributed by atoms with Gasteiger partial charge in [0.25, 0.3) is 0 Å². The lowest BCUT2D eigenvalue weighted by Gasteiger charge is -2.09. The first-order valence-electron chi connectivity index (χ1n) is 5.04. The molecule has 0 heterocycles. The van der Waals surface area contributed by atoms with Crippen molar-refractivity contribution in [3.05, 3.63) is 29.3 Å². The van der Waals surface area contributed by atoms with E-state index < -0.39 is 5.97 Å². The van der Waals surface area contributed by atoms with E-state index in [4.69, 9.17) is 9.84 Å². The second-order valence-corrected chi connectivity index (χ2v) is 3.45. The third-order valence-electron chi connectivity index (χ3n) is 2.19. The maximum Gasteiger partial charge on any atom is 0.303 e. The largest absolute Gasteiger partial charge is 0.493 e. The molecule has 1 aromatic carbocycles. The molecule has 0 aliphatic carbocycles. The molecule has 0 radical (unpaired) electrons. The molecule has 0 aliphatic rings. The fourth-order valence-corrected chi connectivity index (χ4v) is 1.34. The molecule has 0 unspecified atom stereocenters. The molecule has 0 bridgehead atoms. The summed E-state index contributed by atoms with van der Waals surface area (Å²) < 4.78 is 5.36. The molecule has 0 aliphatic heterocycles. The fourth-order valence-electron chi connectivity index (χ4n) is 1.34. The van der Waals surface area contributed by atoms with E-state index in [1.165, 1.54) is 0 Å². The molecule has 4 heteroatoms. The van der Waals surface area contributed by atoms with Crippen molar-refractivity contribution < 1.29 is 19.4 Å². The average molecular weight is 222 g/mol. The third-order valence-corrected chi connectivity index (χ3v) is 2.19. The van der Waals surface area contributed by atoms with Crippen LogP contribution in [0.1, 0.15) is 28.8 Å². The van der Waals surface area contributed by atoms with Crippen molar-refractivity contribution in [1.82, 2.24) is 0 Å². The van der Waals surface area contributed by atoms with Gasteiger partial charge in [-0.05, 0) is 25.0 Å². The number of benzene rings is 1. The predicted octanol–water partition coefficient (Wildman–Crippen LogP) is 2.05. The minimum absolute atomic E-state index is 0.0717. The second-order valence-electron chi connectivity index (χ2n) is 3.45. The van der Waals surface area contributed by atoms with Crippen molar-refractivity contribution in [3.8, 4) is 5.75 Å². The number of aryl methyl sites for hydroxylation is 1. The van der Waals surface area contributed by atoms with Gasteiger partial charge in [0, 0.05) is 6.42 Å². The Hall–Kier alpha value is -1.84. The number of aldehydes is 1. The topological polar surface area (TPSA) is 63.6 Å². The standard InChI is InChI=1S/C12H14O4/c1-9-4-2-5-11(10(9)8-13)16-7-3-6-12(14)15/h2,4-5,8H,3,6-7H2,1H3,(H,14,15). The van der Waals surface area contributed by atoms with Crippen LogP contribution in [0, 0.1) is 6.92 Å². The molecule has 86 valence electrons. The fraction of sp³-hybridized carbons (Fsp3) is 0.333. The van der Waals surface area contributed by atoms with Crippen molar-refractivity contribution in [2.45, 2.75) is 19.8 Å². The van der Waals surface area contributed by atoms with Gasteiger partial charge < -0.3 is 9.84 Å². The molecule has 1 rings (SSSR count). The van der Waals surface area contributed by atoms with E-state index in [-0.39, 0.29) is 6.42 Å². The number of carboxylic acid groups (broad SMARTS) is 1. The number of ether oxygens (including phenoxy) is 1. The first-order valence-corrected chi connectivity index (χ1v) is 5.04. The van der Waals surface area contributed by atoms with Gasteiger partial charge in [-0.15, -0.1) is 0 Å². The smallest absolute Gasteiger partial charge is 0.303 e. The summed E-state index contributed by atoms with van der Waals surface area (Å²) in [6, 6.07) is 5.33. The van der Waals surface area contributed by atoms with Gasteiger partial charge in [-0.1, -0.05) is 12.1 Å². The Morgan fingerprint density at radius 1 is 1.50 bits per heavy atom. The lowest BCUT2D eigenvalue weighted by Crippen LogP contribution is -2.04. The van der Waals surface area contributed by atoms with Gasteiger partial charge in [-0.2, -0.15) is 0 Å². The van der Waals surface area contributed by atoms with Crippen LogP contribution in [0.25, 0.3) is 0 Å². The zero-order chi connectivity index (χ0) is 12.0. The Morgan fingerprint density at radius 2 is 2.25 bits per heavy atom. The first-order chi connectivity index (χ1) is 7.65. The number of rotatable bonds is 6. The highest BCUT2D eigenvalue weighted by Gasteiger charge is 2.05. The van der Waals surface area contributed by atoms with Crippen LogP contribution in [0.5, 0.6) is 5.75 Å². The van der Waals surface area contributed by atoms with Gasteiger partial charge in [0.15, 0.2) is 6.29 Å². The minimum Gasteiger partial charge on any atom is -0.493 e. The predicted molar refractivity (Wildman–Crippen MR) is 58.9 cm³/mol. The molecular weight excluding hydrogens is 208 g/mol. The highest BCUT2D eigenvalue weighted by atomic mass is 16.5. The molecule has 0 fully saturated rings. The lowest BCUT2D eigenvalue weighted by atomic mass is 10.1. The van der Waals surface area contributed by atoms with Crippen LogP contribution in [0.4, 0.5) is 0 Å². The summed E-state index contributed by atoms with van der Waals surface area (Å²) in [5.41, 5.74) is 1.38. The van der Waals surface area contributed by atoms with Crippen molar-refractivity contribution in [3.63, 3.8) is 0 Å². The van der Waals surface area contributed by atoms with E-state index in [0.29, 0.717) is 24.3 Å². The molecule has 0 amide bonds. The van der Waals surface area contributed by atoms with Gasteiger partial charge in [-0.3, -0.25) is 9.59 Å². The lowest BCUT2D eigenvalue weighted by molar-refractivity contribution is -0.137. The molecule has 0 spiro atoms. The number of aliphatic carboxylic acids is 1. The van der Waals surface area contributed by atoms with E-state index in [9.17, 15) is 9.59 Å². The summed E-state index contributed by atoms with van der Waals surface area (Å²) in [7, 11) is 0. The SMILES string of the molecule is Cc1cccc(OCCCC(=O)O)c1C=O. The van der Waals surface area contributed by atoms with Crippen LogP contribution in [0.2, 0.25) is 0 Å². The van der Waals surface area contributed by atoms with Gasteiger partial charge >= 0.3 is 5.97 Å². The number of hydrogen-bond acceptors (Lipinski definition) is 3. The Morgan fingerprint density at radius 3 is 2.88 bits per heavy atom. The summed E-state index contributed by atoms with van der Waals surface area (Å²) in [5.74, 6) is -0.330. The zero-order valence-corrected chi connectivity index (χ0v) is 9.10. The monoisotopic (exact) mass is 222 g/mol. The van der Waals surface area contributed by atoms with Gasteiger partial charge in [0.1, 0.15) is 5.75 Å². The van der Waals surface area contributed by atoms with Crippen LogP contribution in [0.15, 0.2) is 18.2 Å². The van der Waals surface area contributed by atoms with Crippen LogP contribution in [-0.4, -0.2) is 24.0 Å². The van der Waals surface area contributed by atoms with E-state index in [1.54, 1.807) is 12.1 Å². The number of carbonyl (C=O) groups excluding carboxylic acids is 1. The van der Waals surface area contributed by atoms with Crippen LogP contribution < -0.4 is 4.74 Å². The highest BCUT2D eigenvalue weighted by molar-refractivity contribution is 5.81. The van der Waals surface area contributed by atoms with Crippen molar-refractivity contribution in [1.29, 1.82) is 0 Å². The molecule has 1 aromatic rings. The first kappa shape index (κ1) is 12.2. The molecule has 0 atom stereocenters. The average Bonchev–Trinajstić information content (AvgIpc) is 2.24. The quantitative estimate of drug-likeness (QED) is 0.591. The Labute approximate surface area is 93.9 Å². The second kappa shape index (κ2) is 5.90. The van der Waals surface area contributed by atoms with Crippen LogP contribution >= 0.6 is 0 Å². The normalized spacial score (nSPS) is 9.81. The molecule has 4 nitrogen and oxygen atoms in total. The van der Waals surface area contributed by atoms with E-state index in [1.807, 2.05) is 13.0 Å². The number of carboxylic acids is 1. The summed E-state index contributed by atoms with van der Waals surface area (Å²) in [6.45, 7) is 2.13. The summed E-state index contributed by atoms with van der Waals surface area (Å²) >= 11 is 0. The Balaban J connectivity index is 2.56. The molecule has 0 saturated carbocycles. The summed E-state index contributed by atoms with van der Waals surface area (Å²) in [5, 5.41) is 8.44. The highest BCUT2D eigenvalue weighted by Crippen LogP contribution is 2.20. The number of hydrogen-bond donors (Lipinski definition) is 1. The maximum atomic E-state index is 10.8. The molecule has 0 saturated heterocycles. The minimum atomic E-state index is -0.844. The molecule has 16 heavy (non-hydrogen) atoms. The van der Waals surface area contributed by atoms with Crippen molar-refractivity contribution in [2.24, 2.45) is 0 Å². The Kier molecular flexibility index (Phi) is 4.51. The van der Waals surface area contributed by atoms with E-state index in [2.05, 4.69) is 0 Å². The van der Waals surface area contributed by atoms with Gasteiger partial charge in [-0.25, -0.2) is 0 Å².